The monoisotopic (exact) mass is 387 g/mol. The van der Waals surface area contributed by atoms with Gasteiger partial charge >= 0.3 is 5.97 Å². The number of carbonyl (C=O) groups is 2. The van der Waals surface area contributed by atoms with Crippen LogP contribution in [0.5, 0.6) is 23.0 Å². The van der Waals surface area contributed by atoms with Crippen LogP contribution in [0.2, 0.25) is 0 Å². The van der Waals surface area contributed by atoms with Gasteiger partial charge in [0.05, 0.1) is 19.8 Å². The highest BCUT2D eigenvalue weighted by Crippen LogP contribution is 2.32. The number of hydrogen-bond donors (Lipinski definition) is 1. The van der Waals surface area contributed by atoms with Crippen molar-refractivity contribution in [2.45, 2.75) is 13.0 Å². The Morgan fingerprint density at radius 2 is 1.61 bits per heavy atom. The summed E-state index contributed by atoms with van der Waals surface area (Å²) in [5, 5.41) is 2.69. The average molecular weight is 387 g/mol. The highest BCUT2D eigenvalue weighted by atomic mass is 16.6. The number of anilines is 1. The zero-order valence-corrected chi connectivity index (χ0v) is 15.8. The molecule has 0 aromatic heterocycles. The Morgan fingerprint density at radius 3 is 2.25 bits per heavy atom. The second-order valence-electron chi connectivity index (χ2n) is 6.00. The molecule has 8 nitrogen and oxygen atoms in total. The number of amides is 1. The molecule has 8 heteroatoms. The Hall–Kier alpha value is -3.42. The van der Waals surface area contributed by atoms with Crippen LogP contribution in [0.15, 0.2) is 36.4 Å². The molecule has 3 rings (SSSR count). The highest BCUT2D eigenvalue weighted by Gasteiger charge is 2.21. The standard InChI is InChI=1S/C20H21NO7/c1-12(28-20(23)13-8-15(24-2)11-16(9-13)25-3)19(22)21-14-4-5-17-18(10-14)27-7-6-26-17/h4-5,8-12H,6-7H2,1-3H3,(H,21,22)/t12-/m1/s1. The Labute approximate surface area is 162 Å². The lowest BCUT2D eigenvalue weighted by atomic mass is 10.2. The van der Waals surface area contributed by atoms with E-state index in [1.807, 2.05) is 0 Å². The van der Waals surface area contributed by atoms with Crippen LogP contribution in [0.4, 0.5) is 5.69 Å². The van der Waals surface area contributed by atoms with Crippen molar-refractivity contribution in [3.05, 3.63) is 42.0 Å². The molecule has 1 atom stereocenters. The van der Waals surface area contributed by atoms with Crippen LogP contribution in [0.25, 0.3) is 0 Å². The zero-order valence-electron chi connectivity index (χ0n) is 15.8. The van der Waals surface area contributed by atoms with E-state index in [2.05, 4.69) is 5.32 Å². The lowest BCUT2D eigenvalue weighted by Crippen LogP contribution is -2.30. The average Bonchev–Trinajstić information content (AvgIpc) is 2.73. The van der Waals surface area contributed by atoms with Gasteiger partial charge in [-0.25, -0.2) is 4.79 Å². The molecular weight excluding hydrogens is 366 g/mol. The molecule has 2 aromatic carbocycles. The van der Waals surface area contributed by atoms with E-state index in [0.717, 1.165) is 0 Å². The molecule has 1 heterocycles. The summed E-state index contributed by atoms with van der Waals surface area (Å²) in [5.41, 5.74) is 0.732. The predicted octanol–water partition coefficient (Wildman–Crippen LogP) is 2.66. The lowest BCUT2D eigenvalue weighted by Gasteiger charge is -2.19. The Morgan fingerprint density at radius 1 is 0.964 bits per heavy atom. The van der Waals surface area contributed by atoms with Gasteiger partial charge < -0.3 is 29.0 Å². The van der Waals surface area contributed by atoms with Crippen molar-refractivity contribution in [2.24, 2.45) is 0 Å². The number of methoxy groups -OCH3 is 2. The summed E-state index contributed by atoms with van der Waals surface area (Å²) in [7, 11) is 2.96. The van der Waals surface area contributed by atoms with Crippen molar-refractivity contribution in [3.63, 3.8) is 0 Å². The molecule has 1 aliphatic rings. The first-order chi connectivity index (χ1) is 13.5. The minimum absolute atomic E-state index is 0.218. The maximum Gasteiger partial charge on any atom is 0.339 e. The molecule has 0 radical (unpaired) electrons. The first-order valence-corrected chi connectivity index (χ1v) is 8.64. The normalized spacial score (nSPS) is 13.2. The number of benzene rings is 2. The molecule has 0 aliphatic carbocycles. The maximum atomic E-state index is 12.4. The molecule has 0 unspecified atom stereocenters. The number of nitrogens with one attached hydrogen (secondary N) is 1. The highest BCUT2D eigenvalue weighted by molar-refractivity contribution is 5.97. The number of carbonyl (C=O) groups excluding carboxylic acids is 2. The third-order valence-corrected chi connectivity index (χ3v) is 4.05. The van der Waals surface area contributed by atoms with E-state index in [-0.39, 0.29) is 5.56 Å². The molecule has 0 fully saturated rings. The van der Waals surface area contributed by atoms with Gasteiger partial charge in [0.15, 0.2) is 17.6 Å². The number of rotatable bonds is 6. The fourth-order valence-corrected chi connectivity index (χ4v) is 2.57. The SMILES string of the molecule is COc1cc(OC)cc(C(=O)O[C@H](C)C(=O)Nc2ccc3c(c2)OCCO3)c1. The maximum absolute atomic E-state index is 12.4. The van der Waals surface area contributed by atoms with Crippen LogP contribution in [0.3, 0.4) is 0 Å². The van der Waals surface area contributed by atoms with Gasteiger partial charge in [0.1, 0.15) is 24.7 Å². The predicted molar refractivity (Wildman–Crippen MR) is 100 cm³/mol. The Bertz CT molecular complexity index is 859. The molecule has 0 spiro atoms. The molecule has 28 heavy (non-hydrogen) atoms. The van der Waals surface area contributed by atoms with Gasteiger partial charge in [-0.05, 0) is 31.2 Å². The van der Waals surface area contributed by atoms with Gasteiger partial charge in [-0.15, -0.1) is 0 Å². The molecule has 0 saturated heterocycles. The largest absolute Gasteiger partial charge is 0.497 e. The van der Waals surface area contributed by atoms with Crippen molar-refractivity contribution in [2.75, 3.05) is 32.8 Å². The first kappa shape index (κ1) is 19.3. The summed E-state index contributed by atoms with van der Waals surface area (Å²) in [5.74, 6) is 0.925. The van der Waals surface area contributed by atoms with Crippen LogP contribution in [-0.2, 0) is 9.53 Å². The van der Waals surface area contributed by atoms with Gasteiger partial charge in [0, 0.05) is 17.8 Å². The second-order valence-corrected chi connectivity index (χ2v) is 6.00. The summed E-state index contributed by atoms with van der Waals surface area (Å²) in [6, 6.07) is 9.71. The van der Waals surface area contributed by atoms with Gasteiger partial charge in [-0.1, -0.05) is 0 Å². The summed E-state index contributed by atoms with van der Waals surface area (Å²) >= 11 is 0. The second kappa shape index (κ2) is 8.51. The minimum atomic E-state index is -1.02. The number of esters is 1. The third-order valence-electron chi connectivity index (χ3n) is 4.05. The molecule has 1 aliphatic heterocycles. The van der Waals surface area contributed by atoms with Crippen molar-refractivity contribution in [3.8, 4) is 23.0 Å². The van der Waals surface area contributed by atoms with Crippen LogP contribution >= 0.6 is 0 Å². The molecule has 148 valence electrons. The van der Waals surface area contributed by atoms with Gasteiger partial charge in [0.25, 0.3) is 5.91 Å². The van der Waals surface area contributed by atoms with Gasteiger partial charge in [0.2, 0.25) is 0 Å². The van der Waals surface area contributed by atoms with Crippen LogP contribution in [0, 0.1) is 0 Å². The van der Waals surface area contributed by atoms with Gasteiger partial charge in [-0.3, -0.25) is 4.79 Å². The molecule has 2 aromatic rings. The zero-order chi connectivity index (χ0) is 20.1. The van der Waals surface area contributed by atoms with E-state index < -0.39 is 18.0 Å². The van der Waals surface area contributed by atoms with Crippen molar-refractivity contribution in [1.82, 2.24) is 0 Å². The molecule has 1 N–H and O–H groups in total. The van der Waals surface area contributed by atoms with E-state index in [4.69, 9.17) is 23.7 Å². The number of fused-ring (bicyclic) bond motifs is 1. The topological polar surface area (TPSA) is 92.3 Å². The Balaban J connectivity index is 1.64. The Kier molecular flexibility index (Phi) is 5.88. The fraction of sp³-hybridized carbons (Fsp3) is 0.300. The fourth-order valence-electron chi connectivity index (χ4n) is 2.57. The number of ether oxygens (including phenoxy) is 5. The third kappa shape index (κ3) is 4.46. The molecule has 1 amide bonds. The molecule has 0 saturated carbocycles. The summed E-state index contributed by atoms with van der Waals surface area (Å²) in [6.07, 6.45) is -1.02. The summed E-state index contributed by atoms with van der Waals surface area (Å²) in [6.45, 7) is 2.42. The lowest BCUT2D eigenvalue weighted by molar-refractivity contribution is -0.123. The van der Waals surface area contributed by atoms with E-state index >= 15 is 0 Å². The van der Waals surface area contributed by atoms with E-state index in [0.29, 0.717) is 41.9 Å². The minimum Gasteiger partial charge on any atom is -0.497 e. The smallest absolute Gasteiger partial charge is 0.339 e. The quantitative estimate of drug-likeness (QED) is 0.762. The first-order valence-electron chi connectivity index (χ1n) is 8.64. The van der Waals surface area contributed by atoms with Gasteiger partial charge in [-0.2, -0.15) is 0 Å². The van der Waals surface area contributed by atoms with Crippen molar-refractivity contribution < 1.29 is 33.3 Å². The van der Waals surface area contributed by atoms with E-state index in [1.54, 1.807) is 24.3 Å². The van der Waals surface area contributed by atoms with Crippen LogP contribution in [-0.4, -0.2) is 45.4 Å². The summed E-state index contributed by atoms with van der Waals surface area (Å²) in [4.78, 5) is 24.8. The van der Waals surface area contributed by atoms with E-state index in [1.165, 1.54) is 33.3 Å². The molecular formula is C20H21NO7. The van der Waals surface area contributed by atoms with Crippen LogP contribution in [0.1, 0.15) is 17.3 Å². The summed E-state index contributed by atoms with van der Waals surface area (Å²) < 4.78 is 26.5. The molecule has 0 bridgehead atoms. The van der Waals surface area contributed by atoms with Crippen LogP contribution < -0.4 is 24.3 Å². The van der Waals surface area contributed by atoms with Crippen molar-refractivity contribution >= 4 is 17.6 Å². The van der Waals surface area contributed by atoms with E-state index in [9.17, 15) is 9.59 Å². The van der Waals surface area contributed by atoms with Crippen molar-refractivity contribution in [1.29, 1.82) is 0 Å². The number of hydrogen-bond acceptors (Lipinski definition) is 7.